The van der Waals surface area contributed by atoms with Gasteiger partial charge in [-0.25, -0.2) is 27.9 Å². The van der Waals surface area contributed by atoms with Crippen LogP contribution in [0.4, 0.5) is 13.2 Å². The molecule has 234 valence electrons. The number of aliphatic hydroxyl groups is 1. The zero-order chi connectivity index (χ0) is 32.4. The minimum atomic E-state index is -0.713. The van der Waals surface area contributed by atoms with Crippen molar-refractivity contribution in [3.63, 3.8) is 0 Å². The summed E-state index contributed by atoms with van der Waals surface area (Å²) < 4.78 is 57.7. The largest absolute Gasteiger partial charge is 0.473 e. The molecule has 2 atom stereocenters. The number of carbonyl (C=O) groups is 1. The molecule has 6 rings (SSSR count). The number of pyridine rings is 1. The first-order valence-corrected chi connectivity index (χ1v) is 14.5. The van der Waals surface area contributed by atoms with Gasteiger partial charge in [-0.15, -0.1) is 0 Å². The Morgan fingerprint density at radius 1 is 1.04 bits per heavy atom. The summed E-state index contributed by atoms with van der Waals surface area (Å²) in [7, 11) is 1.29. The summed E-state index contributed by atoms with van der Waals surface area (Å²) in [6.07, 6.45) is -0.0403. The fraction of sp³-hybridized carbons (Fsp3) is 0.235. The molecule has 0 radical (unpaired) electrons. The van der Waals surface area contributed by atoms with Crippen LogP contribution >= 0.6 is 0 Å². The molecule has 0 spiro atoms. The fourth-order valence-electron chi connectivity index (χ4n) is 5.53. The predicted molar refractivity (Wildman–Crippen MR) is 161 cm³/mol. The van der Waals surface area contributed by atoms with Gasteiger partial charge in [0.15, 0.2) is 0 Å². The van der Waals surface area contributed by atoms with Crippen LogP contribution in [0.25, 0.3) is 22.3 Å². The standard InChI is InChI=1S/C34H28F3N5O4/c1-45-34(44)20-7-8-30-31(11-20)42(17-23-13-24(43)16-39-23)32(40-30)12-22-10-28(37)25(14-27(22)36)29-3-2-4-33(41-29)46-18-21-6-5-19(15-38)9-26(21)35/h2-11,14,23-24,39,43H,12-13,16-18H2,1H3/t23-,24-/m1/s1. The molecule has 46 heavy (non-hydrogen) atoms. The van der Waals surface area contributed by atoms with E-state index in [9.17, 15) is 14.3 Å². The number of fused-ring (bicyclic) bond motifs is 1. The maximum Gasteiger partial charge on any atom is 0.337 e. The maximum absolute atomic E-state index is 15.6. The van der Waals surface area contributed by atoms with E-state index in [4.69, 9.17) is 14.7 Å². The van der Waals surface area contributed by atoms with Crippen molar-refractivity contribution in [2.45, 2.75) is 38.1 Å². The Bertz CT molecular complexity index is 1990. The van der Waals surface area contributed by atoms with E-state index in [0.29, 0.717) is 41.9 Å². The summed E-state index contributed by atoms with van der Waals surface area (Å²) in [6.45, 7) is 0.647. The summed E-state index contributed by atoms with van der Waals surface area (Å²) in [5, 5.41) is 22.2. The third-order valence-electron chi connectivity index (χ3n) is 7.89. The highest BCUT2D eigenvalue weighted by Gasteiger charge is 2.25. The van der Waals surface area contributed by atoms with Crippen LogP contribution in [-0.2, 0) is 24.3 Å². The van der Waals surface area contributed by atoms with Gasteiger partial charge in [-0.2, -0.15) is 5.26 Å². The molecule has 3 heterocycles. The Balaban J connectivity index is 1.27. The summed E-state index contributed by atoms with van der Waals surface area (Å²) in [4.78, 5) is 21.2. The zero-order valence-electron chi connectivity index (χ0n) is 24.6. The average molecular weight is 628 g/mol. The number of imidazole rings is 1. The van der Waals surface area contributed by atoms with Gasteiger partial charge in [0.05, 0.1) is 47.1 Å². The van der Waals surface area contributed by atoms with E-state index in [1.165, 1.54) is 31.4 Å². The molecule has 0 bridgehead atoms. The highest BCUT2D eigenvalue weighted by atomic mass is 19.1. The summed E-state index contributed by atoms with van der Waals surface area (Å²) in [5.74, 6) is -1.97. The second-order valence-corrected chi connectivity index (χ2v) is 11.0. The molecule has 1 aliphatic rings. The lowest BCUT2D eigenvalue weighted by Gasteiger charge is -2.16. The Hall–Kier alpha value is -5.25. The molecule has 0 amide bonds. The molecule has 1 saturated heterocycles. The first-order chi connectivity index (χ1) is 22.2. The second kappa shape index (κ2) is 13.0. The van der Waals surface area contributed by atoms with Crippen LogP contribution < -0.4 is 10.1 Å². The molecular formula is C34H28F3N5O4. The van der Waals surface area contributed by atoms with Gasteiger partial charge in [0.25, 0.3) is 0 Å². The predicted octanol–water partition coefficient (Wildman–Crippen LogP) is 5.07. The van der Waals surface area contributed by atoms with Crippen LogP contribution in [0.15, 0.2) is 66.7 Å². The molecule has 1 fully saturated rings. The third-order valence-corrected chi connectivity index (χ3v) is 7.89. The number of β-amino-alcohol motifs (C(OH)–C–C–N with tert-alkyl or cyclic N) is 1. The Kier molecular flexibility index (Phi) is 8.70. The van der Waals surface area contributed by atoms with Crippen molar-refractivity contribution in [2.24, 2.45) is 0 Å². The molecule has 9 nitrogen and oxygen atoms in total. The number of ether oxygens (including phenoxy) is 2. The van der Waals surface area contributed by atoms with Gasteiger partial charge in [-0.05, 0) is 60.5 Å². The van der Waals surface area contributed by atoms with E-state index in [0.717, 1.165) is 18.2 Å². The van der Waals surface area contributed by atoms with E-state index >= 15 is 8.78 Å². The number of hydrogen-bond donors (Lipinski definition) is 2. The molecule has 1 aliphatic heterocycles. The summed E-state index contributed by atoms with van der Waals surface area (Å²) in [6, 6.07) is 17.5. The van der Waals surface area contributed by atoms with Gasteiger partial charge in [-0.1, -0.05) is 12.1 Å². The first kappa shape index (κ1) is 30.8. The number of rotatable bonds is 9. The highest BCUT2D eigenvalue weighted by Crippen LogP contribution is 2.29. The molecule has 0 unspecified atom stereocenters. The van der Waals surface area contributed by atoms with E-state index in [1.807, 2.05) is 10.6 Å². The van der Waals surface area contributed by atoms with Crippen molar-refractivity contribution in [2.75, 3.05) is 13.7 Å². The number of benzene rings is 3. The summed E-state index contributed by atoms with van der Waals surface area (Å²) >= 11 is 0. The summed E-state index contributed by atoms with van der Waals surface area (Å²) in [5.41, 5.74) is 2.00. The van der Waals surface area contributed by atoms with Crippen LogP contribution in [0.3, 0.4) is 0 Å². The van der Waals surface area contributed by atoms with Crippen molar-refractivity contribution in [1.82, 2.24) is 19.9 Å². The Morgan fingerprint density at radius 3 is 2.61 bits per heavy atom. The SMILES string of the molecule is COC(=O)c1ccc2nc(Cc3cc(F)c(-c4cccc(OCc5ccc(C#N)cc5F)n4)cc3F)n(C[C@H]3C[C@@H](O)CN3)c2c1. The van der Waals surface area contributed by atoms with Gasteiger partial charge in [0.1, 0.15) is 29.9 Å². The molecule has 0 saturated carbocycles. The molecule has 0 aliphatic carbocycles. The van der Waals surface area contributed by atoms with Crippen molar-refractivity contribution >= 4 is 17.0 Å². The van der Waals surface area contributed by atoms with Gasteiger partial charge in [-0.3, -0.25) is 0 Å². The van der Waals surface area contributed by atoms with E-state index in [1.54, 1.807) is 24.3 Å². The molecule has 2 aromatic heterocycles. The van der Waals surface area contributed by atoms with Crippen molar-refractivity contribution < 1.29 is 32.5 Å². The number of nitrogens with one attached hydrogen (secondary N) is 1. The van der Waals surface area contributed by atoms with Crippen molar-refractivity contribution in [1.29, 1.82) is 5.26 Å². The molecular weight excluding hydrogens is 599 g/mol. The fourth-order valence-corrected chi connectivity index (χ4v) is 5.53. The molecule has 12 heteroatoms. The number of halogens is 3. The number of aliphatic hydroxyl groups excluding tert-OH is 1. The minimum absolute atomic E-state index is 0.0483. The van der Waals surface area contributed by atoms with Crippen LogP contribution in [0.2, 0.25) is 0 Å². The average Bonchev–Trinajstić information content (AvgIpc) is 3.63. The van der Waals surface area contributed by atoms with Gasteiger partial charge < -0.3 is 24.5 Å². The van der Waals surface area contributed by atoms with Gasteiger partial charge in [0.2, 0.25) is 5.88 Å². The highest BCUT2D eigenvalue weighted by molar-refractivity contribution is 5.93. The lowest BCUT2D eigenvalue weighted by molar-refractivity contribution is 0.0601. The number of aromatic nitrogens is 3. The zero-order valence-corrected chi connectivity index (χ0v) is 24.6. The molecule has 2 N–H and O–H groups in total. The maximum atomic E-state index is 15.6. The van der Waals surface area contributed by atoms with E-state index in [2.05, 4.69) is 15.3 Å². The number of methoxy groups -OCH3 is 1. The minimum Gasteiger partial charge on any atom is -0.473 e. The van der Waals surface area contributed by atoms with E-state index in [-0.39, 0.29) is 52.9 Å². The normalized spacial score (nSPS) is 16.0. The first-order valence-electron chi connectivity index (χ1n) is 14.5. The lowest BCUT2D eigenvalue weighted by atomic mass is 10.0. The monoisotopic (exact) mass is 627 g/mol. The number of carbonyl (C=O) groups excluding carboxylic acids is 1. The third kappa shape index (κ3) is 6.42. The Labute approximate surface area is 261 Å². The van der Waals surface area contributed by atoms with Crippen LogP contribution in [-0.4, -0.2) is 51.4 Å². The molecule has 5 aromatic rings. The smallest absolute Gasteiger partial charge is 0.337 e. The molecule has 3 aromatic carbocycles. The quantitative estimate of drug-likeness (QED) is 0.218. The van der Waals surface area contributed by atoms with Crippen molar-refractivity contribution in [3.05, 3.63) is 112 Å². The lowest BCUT2D eigenvalue weighted by Crippen LogP contribution is -2.27. The topological polar surface area (TPSA) is 122 Å². The van der Waals surface area contributed by atoms with Crippen molar-refractivity contribution in [3.8, 4) is 23.2 Å². The second-order valence-electron chi connectivity index (χ2n) is 11.0. The number of esters is 1. The van der Waals surface area contributed by atoms with Gasteiger partial charge in [0, 0.05) is 42.7 Å². The van der Waals surface area contributed by atoms with Crippen LogP contribution in [0.5, 0.6) is 5.88 Å². The Morgan fingerprint density at radius 2 is 1.87 bits per heavy atom. The number of nitriles is 1. The number of hydrogen-bond acceptors (Lipinski definition) is 8. The van der Waals surface area contributed by atoms with Crippen LogP contribution in [0, 0.1) is 28.8 Å². The van der Waals surface area contributed by atoms with Gasteiger partial charge >= 0.3 is 5.97 Å². The van der Waals surface area contributed by atoms with E-state index < -0.39 is 29.5 Å². The number of nitrogens with zero attached hydrogens (tertiary/aromatic N) is 4. The van der Waals surface area contributed by atoms with Crippen LogP contribution in [0.1, 0.15) is 39.3 Å².